The molecule has 1 aromatic rings. The first-order valence-electron chi connectivity index (χ1n) is 8.84. The summed E-state index contributed by atoms with van der Waals surface area (Å²) in [6.07, 6.45) is 4.05. The Morgan fingerprint density at radius 2 is 1.70 bits per heavy atom. The van der Waals surface area contributed by atoms with Crippen LogP contribution >= 0.6 is 0 Å². The van der Waals surface area contributed by atoms with Crippen LogP contribution < -0.4 is 0 Å². The molecule has 0 aromatic heterocycles. The zero-order chi connectivity index (χ0) is 16.1. The molecule has 1 aromatic carbocycles. The highest BCUT2D eigenvalue weighted by molar-refractivity contribution is 7.92. The normalized spacial score (nSPS) is 25.7. The number of nitrogens with zero attached hydrogens (tertiary/aromatic N) is 2. The van der Waals surface area contributed by atoms with Gasteiger partial charge in [0.2, 0.25) is 0 Å². The van der Waals surface area contributed by atoms with Crippen LogP contribution in [-0.2, 0) is 16.3 Å². The molecular weight excluding hydrogens is 308 g/mol. The van der Waals surface area contributed by atoms with Crippen LogP contribution in [0.1, 0.15) is 24.8 Å². The predicted molar refractivity (Wildman–Crippen MR) is 94.5 cm³/mol. The zero-order valence-electron chi connectivity index (χ0n) is 13.9. The zero-order valence-corrected chi connectivity index (χ0v) is 14.7. The maximum atomic E-state index is 11.9. The van der Waals surface area contributed by atoms with Gasteiger partial charge >= 0.3 is 0 Å². The van der Waals surface area contributed by atoms with Gasteiger partial charge in [-0.25, -0.2) is 8.42 Å². The van der Waals surface area contributed by atoms with Crippen molar-refractivity contribution in [2.24, 2.45) is 0 Å². The number of benzene rings is 1. The first kappa shape index (κ1) is 16.9. The SMILES string of the molecule is O=S1(=O)CCCC1CN1CCN(CCCc2ccccc2)CC1. The molecule has 0 aliphatic carbocycles. The highest BCUT2D eigenvalue weighted by Crippen LogP contribution is 2.21. The number of hydrogen-bond acceptors (Lipinski definition) is 4. The third-order valence-corrected chi connectivity index (χ3v) is 7.43. The Kier molecular flexibility index (Phi) is 5.72. The molecule has 4 nitrogen and oxygen atoms in total. The third-order valence-electron chi connectivity index (χ3n) is 5.17. The Morgan fingerprint density at radius 1 is 1.00 bits per heavy atom. The van der Waals surface area contributed by atoms with Crippen molar-refractivity contribution in [1.82, 2.24) is 9.80 Å². The summed E-state index contributed by atoms with van der Waals surface area (Å²) >= 11 is 0. The molecule has 0 radical (unpaired) electrons. The van der Waals surface area contributed by atoms with Crippen LogP contribution in [0, 0.1) is 0 Å². The monoisotopic (exact) mass is 336 g/mol. The number of sulfone groups is 1. The fraction of sp³-hybridized carbons (Fsp3) is 0.667. The minimum absolute atomic E-state index is 0.105. The van der Waals surface area contributed by atoms with E-state index in [0.29, 0.717) is 5.75 Å². The van der Waals surface area contributed by atoms with Gasteiger partial charge in [0.05, 0.1) is 11.0 Å². The highest BCUT2D eigenvalue weighted by atomic mass is 32.2. The number of hydrogen-bond donors (Lipinski definition) is 0. The molecule has 0 spiro atoms. The smallest absolute Gasteiger partial charge is 0.154 e. The maximum absolute atomic E-state index is 11.9. The Morgan fingerprint density at radius 3 is 2.35 bits per heavy atom. The third kappa shape index (κ3) is 4.78. The van der Waals surface area contributed by atoms with Gasteiger partial charge < -0.3 is 4.90 Å². The summed E-state index contributed by atoms with van der Waals surface area (Å²) in [7, 11) is -2.80. The lowest BCUT2D eigenvalue weighted by molar-refractivity contribution is 0.131. The van der Waals surface area contributed by atoms with Gasteiger partial charge in [0, 0.05) is 32.7 Å². The van der Waals surface area contributed by atoms with E-state index in [9.17, 15) is 8.42 Å². The van der Waals surface area contributed by atoms with E-state index in [2.05, 4.69) is 40.1 Å². The van der Waals surface area contributed by atoms with Gasteiger partial charge in [0.25, 0.3) is 0 Å². The van der Waals surface area contributed by atoms with Crippen molar-refractivity contribution in [3.8, 4) is 0 Å². The summed E-state index contributed by atoms with van der Waals surface area (Å²) in [6.45, 7) is 6.06. The van der Waals surface area contributed by atoms with E-state index >= 15 is 0 Å². The Labute approximate surface area is 140 Å². The lowest BCUT2D eigenvalue weighted by Gasteiger charge is -2.35. The quantitative estimate of drug-likeness (QED) is 0.794. The second kappa shape index (κ2) is 7.77. The summed E-state index contributed by atoms with van der Waals surface area (Å²) in [5.74, 6) is 0.400. The predicted octanol–water partition coefficient (Wildman–Crippen LogP) is 1.81. The minimum atomic E-state index is -2.80. The van der Waals surface area contributed by atoms with Crippen LogP contribution in [0.5, 0.6) is 0 Å². The molecule has 2 heterocycles. The molecule has 0 N–H and O–H groups in total. The Bertz CT molecular complexity index is 580. The average molecular weight is 337 g/mol. The van der Waals surface area contributed by atoms with Crippen molar-refractivity contribution in [3.05, 3.63) is 35.9 Å². The van der Waals surface area contributed by atoms with Crippen molar-refractivity contribution >= 4 is 9.84 Å². The molecule has 5 heteroatoms. The van der Waals surface area contributed by atoms with Gasteiger partial charge in [-0.15, -0.1) is 0 Å². The molecule has 2 aliphatic heterocycles. The Balaban J connectivity index is 1.35. The lowest BCUT2D eigenvalue weighted by atomic mass is 10.1. The van der Waals surface area contributed by atoms with E-state index in [1.54, 1.807) is 0 Å². The first-order chi connectivity index (χ1) is 11.1. The summed E-state index contributed by atoms with van der Waals surface area (Å²) in [5, 5.41) is -0.105. The van der Waals surface area contributed by atoms with Crippen molar-refractivity contribution in [3.63, 3.8) is 0 Å². The topological polar surface area (TPSA) is 40.6 Å². The van der Waals surface area contributed by atoms with Gasteiger partial charge in [0.15, 0.2) is 9.84 Å². The molecule has 2 fully saturated rings. The molecule has 0 bridgehead atoms. The molecule has 0 amide bonds. The van der Waals surface area contributed by atoms with Crippen molar-refractivity contribution in [2.45, 2.75) is 30.9 Å². The molecule has 2 aliphatic rings. The standard InChI is InChI=1S/C18H28N2O2S/c21-23(22)15-5-9-18(23)16-20-13-11-19(12-14-20)10-4-8-17-6-2-1-3-7-17/h1-3,6-7,18H,4-5,8-16H2. The second-order valence-corrected chi connectivity index (χ2v) is 9.26. The average Bonchev–Trinajstić information content (AvgIpc) is 2.89. The van der Waals surface area contributed by atoms with Crippen LogP contribution in [0.4, 0.5) is 0 Å². The van der Waals surface area contributed by atoms with Gasteiger partial charge in [0.1, 0.15) is 0 Å². The van der Waals surface area contributed by atoms with Crippen molar-refractivity contribution < 1.29 is 8.42 Å². The van der Waals surface area contributed by atoms with E-state index < -0.39 is 9.84 Å². The van der Waals surface area contributed by atoms with Gasteiger partial charge in [-0.05, 0) is 37.8 Å². The van der Waals surface area contributed by atoms with E-state index in [0.717, 1.165) is 58.5 Å². The van der Waals surface area contributed by atoms with Crippen LogP contribution in [0.2, 0.25) is 0 Å². The van der Waals surface area contributed by atoms with Crippen LogP contribution in [0.25, 0.3) is 0 Å². The second-order valence-electron chi connectivity index (χ2n) is 6.86. The minimum Gasteiger partial charge on any atom is -0.301 e. The molecule has 23 heavy (non-hydrogen) atoms. The molecule has 0 saturated carbocycles. The Hall–Kier alpha value is -0.910. The highest BCUT2D eigenvalue weighted by Gasteiger charge is 2.33. The van der Waals surface area contributed by atoms with Gasteiger partial charge in [-0.3, -0.25) is 4.90 Å². The van der Waals surface area contributed by atoms with Crippen molar-refractivity contribution in [1.29, 1.82) is 0 Å². The number of piperazine rings is 1. The molecule has 1 atom stereocenters. The summed E-state index contributed by atoms with van der Waals surface area (Å²) in [4.78, 5) is 4.86. The van der Waals surface area contributed by atoms with Crippen LogP contribution in [0.15, 0.2) is 30.3 Å². The number of aryl methyl sites for hydroxylation is 1. The van der Waals surface area contributed by atoms with E-state index in [1.807, 2.05) is 0 Å². The van der Waals surface area contributed by atoms with E-state index in [1.165, 1.54) is 12.0 Å². The molecule has 3 rings (SSSR count). The lowest BCUT2D eigenvalue weighted by Crippen LogP contribution is -2.49. The van der Waals surface area contributed by atoms with Crippen molar-refractivity contribution in [2.75, 3.05) is 45.0 Å². The molecular formula is C18H28N2O2S. The van der Waals surface area contributed by atoms with Gasteiger partial charge in [-0.2, -0.15) is 0 Å². The summed E-state index contributed by atoms with van der Waals surface area (Å²) in [6, 6.07) is 10.7. The number of rotatable bonds is 6. The van der Waals surface area contributed by atoms with Crippen LogP contribution in [-0.4, -0.2) is 68.5 Å². The largest absolute Gasteiger partial charge is 0.301 e. The molecule has 1 unspecified atom stereocenters. The first-order valence-corrected chi connectivity index (χ1v) is 10.6. The van der Waals surface area contributed by atoms with Crippen LogP contribution in [0.3, 0.4) is 0 Å². The summed E-state index contributed by atoms with van der Waals surface area (Å²) < 4.78 is 23.9. The van der Waals surface area contributed by atoms with E-state index in [-0.39, 0.29) is 5.25 Å². The van der Waals surface area contributed by atoms with E-state index in [4.69, 9.17) is 0 Å². The fourth-order valence-electron chi connectivity index (χ4n) is 3.70. The molecule has 128 valence electrons. The summed E-state index contributed by atoms with van der Waals surface area (Å²) in [5.41, 5.74) is 1.41. The molecule has 2 saturated heterocycles. The van der Waals surface area contributed by atoms with Gasteiger partial charge in [-0.1, -0.05) is 30.3 Å². The fourth-order valence-corrected chi connectivity index (χ4v) is 5.56. The maximum Gasteiger partial charge on any atom is 0.154 e.